The second kappa shape index (κ2) is 8.81. The van der Waals surface area contributed by atoms with Crippen LogP contribution < -0.4 is 15.5 Å². The predicted molar refractivity (Wildman–Crippen MR) is 110 cm³/mol. The lowest BCUT2D eigenvalue weighted by molar-refractivity contribution is -0.118. The Morgan fingerprint density at radius 2 is 2.07 bits per heavy atom. The average Bonchev–Trinajstić information content (AvgIpc) is 3.23. The topological polar surface area (TPSA) is 82.5 Å². The van der Waals surface area contributed by atoms with Crippen LogP contribution in [0.4, 0.5) is 16.3 Å². The zero-order valence-corrected chi connectivity index (χ0v) is 17.2. The van der Waals surface area contributed by atoms with Gasteiger partial charge in [-0.3, -0.25) is 14.8 Å². The van der Waals surface area contributed by atoms with Crippen LogP contribution in [0.25, 0.3) is 0 Å². The van der Waals surface area contributed by atoms with Gasteiger partial charge in [0.15, 0.2) is 5.82 Å². The molecule has 0 bridgehead atoms. The molecule has 2 heterocycles. The highest BCUT2D eigenvalue weighted by Gasteiger charge is 2.33. The van der Waals surface area contributed by atoms with Gasteiger partial charge in [-0.1, -0.05) is 23.2 Å². The number of amides is 3. The second-order valence-electron chi connectivity index (χ2n) is 6.80. The summed E-state index contributed by atoms with van der Waals surface area (Å²) in [6.45, 7) is 2.05. The molecule has 0 spiro atoms. The summed E-state index contributed by atoms with van der Waals surface area (Å²) in [5.41, 5.74) is 0.656. The third-order valence-electron chi connectivity index (χ3n) is 4.38. The highest BCUT2D eigenvalue weighted by molar-refractivity contribution is 6.42. The fourth-order valence-corrected chi connectivity index (χ4v) is 3.18. The summed E-state index contributed by atoms with van der Waals surface area (Å²) < 4.78 is 1.75. The number of benzene rings is 1. The summed E-state index contributed by atoms with van der Waals surface area (Å²) >= 11 is 12.0. The molecule has 2 N–H and O–H groups in total. The average molecular weight is 425 g/mol. The van der Waals surface area contributed by atoms with Crippen molar-refractivity contribution in [2.24, 2.45) is 0 Å². The largest absolute Gasteiger partial charge is 0.326 e. The first-order valence-corrected chi connectivity index (χ1v) is 9.61. The number of likely N-dealkylation sites (N-methyl/N-ethyl adjacent to an activating group) is 1. The van der Waals surface area contributed by atoms with Crippen molar-refractivity contribution >= 4 is 46.6 Å². The summed E-state index contributed by atoms with van der Waals surface area (Å²) in [5.74, 6) is 0.244. The summed E-state index contributed by atoms with van der Waals surface area (Å²) in [5, 5.41) is 10.5. The van der Waals surface area contributed by atoms with Gasteiger partial charge in [0.25, 0.3) is 0 Å². The highest BCUT2D eigenvalue weighted by Crippen LogP contribution is 2.29. The van der Waals surface area contributed by atoms with Crippen molar-refractivity contribution in [3.8, 4) is 0 Å². The number of rotatable bonds is 6. The molecule has 3 amide bonds. The maximum Gasteiger partial charge on any atom is 0.321 e. The normalized spacial score (nSPS) is 16.7. The van der Waals surface area contributed by atoms with Crippen molar-refractivity contribution in [2.45, 2.75) is 19.0 Å². The van der Waals surface area contributed by atoms with Gasteiger partial charge in [-0.25, -0.2) is 4.79 Å². The smallest absolute Gasteiger partial charge is 0.321 e. The number of nitrogens with zero attached hydrogens (tertiary/aromatic N) is 4. The lowest BCUT2D eigenvalue weighted by Crippen LogP contribution is -2.43. The first-order chi connectivity index (χ1) is 13.3. The third kappa shape index (κ3) is 4.95. The molecule has 0 aliphatic carbocycles. The molecular formula is C18H22Cl2N6O2. The minimum absolute atomic E-state index is 0.190. The number of anilines is 2. The van der Waals surface area contributed by atoms with Crippen LogP contribution in [-0.2, 0) is 11.3 Å². The van der Waals surface area contributed by atoms with E-state index in [4.69, 9.17) is 23.2 Å². The molecule has 8 nitrogen and oxygen atoms in total. The van der Waals surface area contributed by atoms with Crippen LogP contribution in [0.2, 0.25) is 10.0 Å². The van der Waals surface area contributed by atoms with Crippen molar-refractivity contribution in [1.82, 2.24) is 20.0 Å². The van der Waals surface area contributed by atoms with Crippen molar-refractivity contribution in [3.63, 3.8) is 0 Å². The van der Waals surface area contributed by atoms with E-state index >= 15 is 0 Å². The minimum Gasteiger partial charge on any atom is -0.326 e. The molecule has 1 fully saturated rings. The Bertz CT molecular complexity index is 870. The van der Waals surface area contributed by atoms with E-state index in [1.54, 1.807) is 40.0 Å². The SMILES string of the molecule is CN(C)CCn1ccc(NC(=O)NC2CCN(c3ccc(Cl)c(Cl)c3)C2=O)n1. The molecule has 1 aromatic heterocycles. The Hall–Kier alpha value is -2.29. The Labute approximate surface area is 173 Å². The van der Waals surface area contributed by atoms with Gasteiger partial charge in [-0.15, -0.1) is 0 Å². The lowest BCUT2D eigenvalue weighted by Gasteiger charge is -2.18. The summed E-state index contributed by atoms with van der Waals surface area (Å²) in [6.07, 6.45) is 2.30. The van der Waals surface area contributed by atoms with Crippen LogP contribution in [0.5, 0.6) is 0 Å². The third-order valence-corrected chi connectivity index (χ3v) is 5.12. The van der Waals surface area contributed by atoms with E-state index in [0.29, 0.717) is 34.5 Å². The number of halogens is 2. The highest BCUT2D eigenvalue weighted by atomic mass is 35.5. The summed E-state index contributed by atoms with van der Waals surface area (Å²) in [6, 6.07) is 5.66. The fraction of sp³-hybridized carbons (Fsp3) is 0.389. The molecule has 10 heteroatoms. The van der Waals surface area contributed by atoms with Gasteiger partial charge in [0.05, 0.1) is 16.6 Å². The molecule has 0 saturated carbocycles. The maximum absolute atomic E-state index is 12.6. The van der Waals surface area contributed by atoms with Gasteiger partial charge in [-0.2, -0.15) is 5.10 Å². The first-order valence-electron chi connectivity index (χ1n) is 8.85. The van der Waals surface area contributed by atoms with Crippen molar-refractivity contribution in [1.29, 1.82) is 0 Å². The van der Waals surface area contributed by atoms with Crippen LogP contribution in [-0.4, -0.2) is 59.8 Å². The van der Waals surface area contributed by atoms with Gasteiger partial charge >= 0.3 is 6.03 Å². The zero-order chi connectivity index (χ0) is 20.3. The molecule has 1 atom stereocenters. The van der Waals surface area contributed by atoms with Gasteiger partial charge in [0.2, 0.25) is 5.91 Å². The number of hydrogen-bond donors (Lipinski definition) is 2. The van der Waals surface area contributed by atoms with Crippen molar-refractivity contribution in [2.75, 3.05) is 37.4 Å². The Kier molecular flexibility index (Phi) is 6.43. The summed E-state index contributed by atoms with van der Waals surface area (Å²) in [4.78, 5) is 28.5. The Balaban J connectivity index is 1.55. The number of carbonyl (C=O) groups is 2. The van der Waals surface area contributed by atoms with E-state index < -0.39 is 12.1 Å². The van der Waals surface area contributed by atoms with Gasteiger partial charge < -0.3 is 15.1 Å². The molecule has 1 aliphatic heterocycles. The molecule has 1 aliphatic rings. The molecule has 1 unspecified atom stereocenters. The monoisotopic (exact) mass is 424 g/mol. The molecule has 3 rings (SSSR count). The lowest BCUT2D eigenvalue weighted by atomic mass is 10.2. The number of hydrogen-bond acceptors (Lipinski definition) is 4. The first kappa shape index (κ1) is 20.4. The van der Waals surface area contributed by atoms with Gasteiger partial charge in [0.1, 0.15) is 6.04 Å². The van der Waals surface area contributed by atoms with Crippen molar-refractivity contribution in [3.05, 3.63) is 40.5 Å². The van der Waals surface area contributed by atoms with E-state index in [1.807, 2.05) is 19.0 Å². The summed E-state index contributed by atoms with van der Waals surface area (Å²) in [7, 11) is 3.96. The molecule has 1 saturated heterocycles. The minimum atomic E-state index is -0.606. The van der Waals surface area contributed by atoms with E-state index in [0.717, 1.165) is 13.1 Å². The van der Waals surface area contributed by atoms with E-state index in [9.17, 15) is 9.59 Å². The predicted octanol–water partition coefficient (Wildman–Crippen LogP) is 2.68. The van der Waals surface area contributed by atoms with Crippen LogP contribution in [0.1, 0.15) is 6.42 Å². The van der Waals surface area contributed by atoms with Crippen LogP contribution >= 0.6 is 23.2 Å². The number of carbonyl (C=O) groups excluding carboxylic acids is 2. The van der Waals surface area contributed by atoms with Crippen LogP contribution in [0.3, 0.4) is 0 Å². The number of aromatic nitrogens is 2. The van der Waals surface area contributed by atoms with E-state index in [2.05, 4.69) is 15.7 Å². The molecule has 2 aromatic rings. The molecule has 28 heavy (non-hydrogen) atoms. The Morgan fingerprint density at radius 1 is 1.29 bits per heavy atom. The maximum atomic E-state index is 12.6. The van der Waals surface area contributed by atoms with Crippen molar-refractivity contribution < 1.29 is 9.59 Å². The van der Waals surface area contributed by atoms with Gasteiger partial charge in [0, 0.05) is 31.0 Å². The van der Waals surface area contributed by atoms with Gasteiger partial charge in [-0.05, 0) is 38.7 Å². The second-order valence-corrected chi connectivity index (χ2v) is 7.61. The number of nitrogens with one attached hydrogen (secondary N) is 2. The fourth-order valence-electron chi connectivity index (χ4n) is 2.89. The Morgan fingerprint density at radius 3 is 2.79 bits per heavy atom. The van der Waals surface area contributed by atoms with E-state index in [-0.39, 0.29) is 5.91 Å². The zero-order valence-electron chi connectivity index (χ0n) is 15.7. The molecule has 1 aromatic carbocycles. The van der Waals surface area contributed by atoms with Crippen LogP contribution in [0.15, 0.2) is 30.5 Å². The number of urea groups is 1. The molecular weight excluding hydrogens is 403 g/mol. The quantitative estimate of drug-likeness (QED) is 0.746. The standard InChI is InChI=1S/C18H22Cl2N6O2/c1-24(2)9-10-25-7-6-16(23-25)22-18(28)21-15-5-8-26(17(15)27)12-3-4-13(19)14(20)11-12/h3-4,6-7,11,15H,5,8-10H2,1-2H3,(H2,21,22,23,28). The molecule has 0 radical (unpaired) electrons. The molecule has 150 valence electrons. The van der Waals surface area contributed by atoms with Crippen LogP contribution in [0, 0.1) is 0 Å². The van der Waals surface area contributed by atoms with E-state index in [1.165, 1.54) is 0 Å².